The molecule has 0 spiro atoms. The topological polar surface area (TPSA) is 143 Å². The highest BCUT2D eigenvalue weighted by atomic mass is 19.2. The van der Waals surface area contributed by atoms with E-state index >= 15 is 0 Å². The molecule has 192 valence electrons. The maximum absolute atomic E-state index is 13.7. The van der Waals surface area contributed by atoms with E-state index in [0.717, 1.165) is 31.4 Å². The van der Waals surface area contributed by atoms with E-state index in [4.69, 9.17) is 11.3 Å². The first kappa shape index (κ1) is 25.6. The second-order valence-corrected chi connectivity index (χ2v) is 8.59. The van der Waals surface area contributed by atoms with Crippen molar-refractivity contribution in [2.24, 2.45) is 15.9 Å². The highest BCUT2D eigenvalue weighted by Gasteiger charge is 2.19. The fourth-order valence-electron chi connectivity index (χ4n) is 3.95. The van der Waals surface area contributed by atoms with Crippen molar-refractivity contribution in [1.82, 2.24) is 14.8 Å². The molecule has 0 unspecified atom stereocenters. The lowest BCUT2D eigenvalue weighted by atomic mass is 10.1. The number of amides is 1. The third kappa shape index (κ3) is 5.86. The molecule has 3 aromatic rings. The zero-order valence-electron chi connectivity index (χ0n) is 20.1. The number of nitrogens with one attached hydrogen (secondary N) is 3. The molecule has 37 heavy (non-hydrogen) atoms. The average molecular weight is 509 g/mol. The summed E-state index contributed by atoms with van der Waals surface area (Å²) in [6, 6.07) is 8.21. The number of fused-ring (bicyclic) bond motifs is 1. The van der Waals surface area contributed by atoms with E-state index in [0.29, 0.717) is 30.0 Å². The quantitative estimate of drug-likeness (QED) is 0.219. The number of H-pyrrole nitrogens is 1. The first-order valence-electron chi connectivity index (χ1n) is 11.5. The van der Waals surface area contributed by atoms with Crippen LogP contribution >= 0.6 is 0 Å². The van der Waals surface area contributed by atoms with Gasteiger partial charge in [0.15, 0.2) is 11.6 Å². The van der Waals surface area contributed by atoms with E-state index in [9.17, 15) is 18.4 Å². The average Bonchev–Trinajstić information content (AvgIpc) is 2.89. The minimum atomic E-state index is -1.08. The molecule has 0 bridgehead atoms. The summed E-state index contributed by atoms with van der Waals surface area (Å²) in [7, 11) is 2.02. The summed E-state index contributed by atoms with van der Waals surface area (Å²) in [5.41, 5.74) is 1.13. The van der Waals surface area contributed by atoms with Gasteiger partial charge in [0.1, 0.15) is 5.71 Å². The van der Waals surface area contributed by atoms with Crippen LogP contribution in [-0.2, 0) is 4.79 Å². The van der Waals surface area contributed by atoms with Crippen LogP contribution in [-0.4, -0.2) is 78.6 Å². The van der Waals surface area contributed by atoms with Crippen LogP contribution < -0.4 is 16.7 Å². The van der Waals surface area contributed by atoms with Gasteiger partial charge in [-0.2, -0.15) is 5.10 Å². The Balaban J connectivity index is 1.49. The summed E-state index contributed by atoms with van der Waals surface area (Å²) >= 11 is 0. The number of rotatable bonds is 7. The highest BCUT2D eigenvalue weighted by molar-refractivity contribution is 6.38. The predicted molar refractivity (Wildman–Crippen MR) is 140 cm³/mol. The van der Waals surface area contributed by atoms with Crippen molar-refractivity contribution in [3.63, 3.8) is 0 Å². The number of benzene rings is 2. The molecule has 2 heterocycles. The SMILES string of the molecule is CN1CCN(C(=O)CNc2ccc(N=CC(=NN)c3cc4cc(F)c(F)cc4[nH]c3=O)cc2C=N)CC1. The molecule has 1 aliphatic heterocycles. The maximum Gasteiger partial charge on any atom is 0.258 e. The molecule has 2 aromatic carbocycles. The van der Waals surface area contributed by atoms with Crippen molar-refractivity contribution in [3.05, 3.63) is 69.5 Å². The van der Waals surface area contributed by atoms with Gasteiger partial charge in [-0.15, -0.1) is 0 Å². The molecule has 0 radical (unpaired) electrons. The van der Waals surface area contributed by atoms with E-state index in [-0.39, 0.29) is 34.6 Å². The van der Waals surface area contributed by atoms with Gasteiger partial charge >= 0.3 is 0 Å². The van der Waals surface area contributed by atoms with E-state index < -0.39 is 17.2 Å². The fraction of sp³-hybridized carbons (Fsp3) is 0.240. The number of nitrogens with zero attached hydrogens (tertiary/aromatic N) is 4. The maximum atomic E-state index is 13.7. The Morgan fingerprint density at radius 3 is 2.59 bits per heavy atom. The van der Waals surface area contributed by atoms with Crippen LogP contribution in [0.2, 0.25) is 0 Å². The number of aromatic amines is 1. The second-order valence-electron chi connectivity index (χ2n) is 8.59. The van der Waals surface area contributed by atoms with Crippen molar-refractivity contribution in [3.8, 4) is 0 Å². The van der Waals surface area contributed by atoms with Crippen LogP contribution in [0.25, 0.3) is 10.9 Å². The summed E-state index contributed by atoms with van der Waals surface area (Å²) in [6.07, 6.45) is 2.41. The molecule has 1 aliphatic rings. The summed E-state index contributed by atoms with van der Waals surface area (Å²) in [6.45, 7) is 3.13. The smallest absolute Gasteiger partial charge is 0.258 e. The lowest BCUT2D eigenvalue weighted by Crippen LogP contribution is -2.48. The number of halogens is 2. The third-order valence-electron chi connectivity index (χ3n) is 6.11. The molecule has 5 N–H and O–H groups in total. The van der Waals surface area contributed by atoms with Crippen molar-refractivity contribution in [2.75, 3.05) is 45.1 Å². The monoisotopic (exact) mass is 508 g/mol. The van der Waals surface area contributed by atoms with Crippen LogP contribution in [0.3, 0.4) is 0 Å². The Morgan fingerprint density at radius 2 is 1.89 bits per heavy atom. The first-order chi connectivity index (χ1) is 17.8. The van der Waals surface area contributed by atoms with Crippen LogP contribution in [0.15, 0.2) is 51.3 Å². The van der Waals surface area contributed by atoms with Gasteiger partial charge in [-0.25, -0.2) is 8.78 Å². The van der Waals surface area contributed by atoms with Gasteiger partial charge in [-0.1, -0.05) is 0 Å². The number of aliphatic imine (C=N–C) groups is 1. The van der Waals surface area contributed by atoms with E-state index in [2.05, 4.69) is 25.3 Å². The summed E-state index contributed by atoms with van der Waals surface area (Å²) < 4.78 is 27.1. The zero-order valence-corrected chi connectivity index (χ0v) is 20.1. The van der Waals surface area contributed by atoms with Gasteiger partial charge in [-0.3, -0.25) is 14.6 Å². The van der Waals surface area contributed by atoms with Crippen molar-refractivity contribution >= 4 is 46.3 Å². The molecule has 0 atom stereocenters. The Hall–Kier alpha value is -4.45. The van der Waals surface area contributed by atoms with Crippen LogP contribution in [0.1, 0.15) is 11.1 Å². The minimum absolute atomic E-state index is 0.0156. The van der Waals surface area contributed by atoms with Gasteiger partial charge in [-0.05, 0) is 37.4 Å². The number of aromatic nitrogens is 1. The summed E-state index contributed by atoms with van der Waals surface area (Å²) in [5.74, 6) is 3.34. The van der Waals surface area contributed by atoms with Gasteiger partial charge in [0, 0.05) is 55.1 Å². The molecule has 4 rings (SSSR count). The Bertz CT molecular complexity index is 1460. The van der Waals surface area contributed by atoms with E-state index in [1.165, 1.54) is 12.3 Å². The number of carbonyl (C=O) groups excluding carboxylic acids is 1. The van der Waals surface area contributed by atoms with Gasteiger partial charge in [0.2, 0.25) is 5.91 Å². The molecule has 10 nitrogen and oxygen atoms in total. The fourth-order valence-corrected chi connectivity index (χ4v) is 3.95. The van der Waals surface area contributed by atoms with Crippen LogP contribution in [0.4, 0.5) is 20.2 Å². The number of carbonyl (C=O) groups is 1. The van der Waals surface area contributed by atoms with Crippen LogP contribution in [0, 0.1) is 17.0 Å². The number of hydrogen-bond acceptors (Lipinski definition) is 8. The Kier molecular flexibility index (Phi) is 7.68. The second kappa shape index (κ2) is 11.1. The molecule has 1 aromatic heterocycles. The summed E-state index contributed by atoms with van der Waals surface area (Å²) in [4.78, 5) is 35.8. The van der Waals surface area contributed by atoms with Crippen molar-refractivity contribution in [1.29, 1.82) is 5.41 Å². The zero-order chi connectivity index (χ0) is 26.5. The number of pyridine rings is 1. The lowest BCUT2D eigenvalue weighted by molar-refractivity contribution is -0.130. The molecule has 1 saturated heterocycles. The molecule has 1 amide bonds. The normalized spacial score (nSPS) is 14.9. The molecule has 0 saturated carbocycles. The van der Waals surface area contributed by atoms with Crippen LogP contribution in [0.5, 0.6) is 0 Å². The molecule has 12 heteroatoms. The number of hydrazone groups is 1. The lowest BCUT2D eigenvalue weighted by Gasteiger charge is -2.32. The molecule has 1 fully saturated rings. The van der Waals surface area contributed by atoms with E-state index in [1.54, 1.807) is 18.2 Å². The largest absolute Gasteiger partial charge is 0.376 e. The number of hydrogen-bond donors (Lipinski definition) is 4. The number of nitrogens with two attached hydrogens (primary N) is 1. The number of anilines is 1. The first-order valence-corrected chi connectivity index (χ1v) is 11.5. The number of likely N-dealkylation sites (N-methyl/N-ethyl adjacent to an activating group) is 1. The van der Waals surface area contributed by atoms with Crippen molar-refractivity contribution < 1.29 is 13.6 Å². The molecular formula is C25H26F2N8O2. The summed E-state index contributed by atoms with van der Waals surface area (Å²) in [5, 5.41) is 14.7. The van der Waals surface area contributed by atoms with Gasteiger partial charge in [0.25, 0.3) is 5.56 Å². The minimum Gasteiger partial charge on any atom is -0.376 e. The Labute approximate surface area is 211 Å². The highest BCUT2D eigenvalue weighted by Crippen LogP contribution is 2.22. The predicted octanol–water partition coefficient (Wildman–Crippen LogP) is 2.06. The standard InChI is InChI=1S/C25H26F2N8O2/c1-34-4-6-35(7-5-34)24(36)14-31-21-3-2-17(8-16(21)12-28)30-13-23(33-29)18-9-15-10-19(26)20(27)11-22(15)32-25(18)37/h2-3,8-13,28,31H,4-7,14,29H2,1H3,(H,32,37). The van der Waals surface area contributed by atoms with Gasteiger partial charge in [0.05, 0.1) is 29.5 Å². The molecular weight excluding hydrogens is 482 g/mol. The van der Waals surface area contributed by atoms with Crippen molar-refractivity contribution in [2.45, 2.75) is 0 Å². The Morgan fingerprint density at radius 1 is 1.16 bits per heavy atom. The molecule has 0 aliphatic carbocycles. The third-order valence-corrected chi connectivity index (χ3v) is 6.11. The number of piperazine rings is 1. The van der Waals surface area contributed by atoms with E-state index in [1.807, 2.05) is 11.9 Å². The van der Waals surface area contributed by atoms with Gasteiger partial charge < -0.3 is 31.4 Å².